The first-order valence-corrected chi connectivity index (χ1v) is 13.1. The van der Waals surface area contributed by atoms with Crippen molar-refractivity contribution in [2.75, 3.05) is 30.3 Å². The maximum atomic E-state index is 12.9. The van der Waals surface area contributed by atoms with Gasteiger partial charge < -0.3 is 16.0 Å². The predicted molar refractivity (Wildman–Crippen MR) is 142 cm³/mol. The summed E-state index contributed by atoms with van der Waals surface area (Å²) in [6.45, 7) is 2.48. The van der Waals surface area contributed by atoms with Crippen LogP contribution in [0.3, 0.4) is 0 Å². The summed E-state index contributed by atoms with van der Waals surface area (Å²) in [5.41, 5.74) is 4.30. The molecule has 1 aliphatic carbocycles. The summed E-state index contributed by atoms with van der Waals surface area (Å²) in [5.74, 6) is 0.184. The molecule has 1 unspecified atom stereocenters. The van der Waals surface area contributed by atoms with Crippen molar-refractivity contribution in [3.63, 3.8) is 0 Å². The van der Waals surface area contributed by atoms with Gasteiger partial charge in [-0.25, -0.2) is 4.98 Å². The third-order valence-electron chi connectivity index (χ3n) is 8.00. The number of nitrogens with zero attached hydrogens (tertiary/aromatic N) is 3. The van der Waals surface area contributed by atoms with E-state index < -0.39 is 5.41 Å². The molecule has 2 aromatic heterocycles. The summed E-state index contributed by atoms with van der Waals surface area (Å²) in [6.07, 6.45) is 8.00. The van der Waals surface area contributed by atoms with Crippen LogP contribution in [-0.2, 0) is 39.2 Å². The van der Waals surface area contributed by atoms with E-state index >= 15 is 0 Å². The monoisotopic (exact) mass is 510 g/mol. The van der Waals surface area contributed by atoms with E-state index in [2.05, 4.69) is 30.8 Å². The Morgan fingerprint density at radius 2 is 1.82 bits per heavy atom. The van der Waals surface area contributed by atoms with Gasteiger partial charge in [0.2, 0.25) is 17.7 Å². The summed E-state index contributed by atoms with van der Waals surface area (Å²) >= 11 is 0. The van der Waals surface area contributed by atoms with E-state index in [1.807, 2.05) is 42.5 Å². The van der Waals surface area contributed by atoms with Crippen LogP contribution < -0.4 is 16.0 Å². The van der Waals surface area contributed by atoms with Crippen LogP contribution in [0.5, 0.6) is 0 Å². The number of carbonyl (C=O) groups excluding carboxylic acids is 3. The number of amides is 3. The molecule has 3 aliphatic rings. The zero-order valence-electron chi connectivity index (χ0n) is 21.1. The van der Waals surface area contributed by atoms with Crippen molar-refractivity contribution < 1.29 is 14.4 Å². The number of anilines is 2. The van der Waals surface area contributed by atoms with Crippen molar-refractivity contribution in [2.24, 2.45) is 5.92 Å². The van der Waals surface area contributed by atoms with Gasteiger partial charge in [0.25, 0.3) is 0 Å². The zero-order valence-corrected chi connectivity index (χ0v) is 21.1. The lowest BCUT2D eigenvalue weighted by Gasteiger charge is -2.31. The number of likely N-dealkylation sites (tertiary alicyclic amines) is 1. The van der Waals surface area contributed by atoms with Gasteiger partial charge in [0.05, 0.1) is 12.0 Å². The van der Waals surface area contributed by atoms with Crippen LogP contribution in [0.15, 0.2) is 61.1 Å². The number of aromatic nitrogens is 2. The van der Waals surface area contributed by atoms with Crippen molar-refractivity contribution in [1.29, 1.82) is 0 Å². The second-order valence-corrected chi connectivity index (χ2v) is 10.4. The van der Waals surface area contributed by atoms with E-state index in [4.69, 9.17) is 0 Å². The van der Waals surface area contributed by atoms with Crippen molar-refractivity contribution in [2.45, 2.75) is 37.6 Å². The molecule has 2 aliphatic heterocycles. The Morgan fingerprint density at radius 1 is 1.03 bits per heavy atom. The summed E-state index contributed by atoms with van der Waals surface area (Å²) < 4.78 is 0. The molecule has 194 valence electrons. The van der Waals surface area contributed by atoms with Crippen LogP contribution in [0.25, 0.3) is 0 Å². The van der Waals surface area contributed by atoms with Gasteiger partial charge in [0, 0.05) is 42.3 Å². The molecule has 1 atom stereocenters. The number of carbonyl (C=O) groups is 3. The number of piperidine rings is 1. The first-order chi connectivity index (χ1) is 18.5. The quantitative estimate of drug-likeness (QED) is 0.469. The van der Waals surface area contributed by atoms with Gasteiger partial charge in [0.1, 0.15) is 5.82 Å². The molecule has 6 rings (SSSR count). The molecular weight excluding hydrogens is 480 g/mol. The zero-order chi connectivity index (χ0) is 26.1. The number of hydrogen-bond donors (Lipinski definition) is 3. The number of nitrogens with one attached hydrogen (secondary N) is 3. The highest BCUT2D eigenvalue weighted by molar-refractivity contribution is 6.06. The minimum atomic E-state index is -0.642. The molecule has 4 heterocycles. The Bertz CT molecular complexity index is 1390. The number of hydrogen-bond acceptors (Lipinski definition) is 6. The highest BCUT2D eigenvalue weighted by atomic mass is 16.2. The molecular formula is C29H30N6O3. The molecule has 0 saturated carbocycles. The fourth-order valence-corrected chi connectivity index (χ4v) is 5.96. The predicted octanol–water partition coefficient (Wildman–Crippen LogP) is 2.43. The first-order valence-electron chi connectivity index (χ1n) is 13.1. The summed E-state index contributed by atoms with van der Waals surface area (Å²) in [7, 11) is 0. The molecule has 3 aromatic rings. The van der Waals surface area contributed by atoms with E-state index in [-0.39, 0.29) is 30.2 Å². The maximum absolute atomic E-state index is 12.9. The number of fused-ring (bicyclic) bond motifs is 3. The molecule has 1 aromatic carbocycles. The molecule has 0 radical (unpaired) electrons. The number of benzene rings is 1. The van der Waals surface area contributed by atoms with E-state index in [9.17, 15) is 14.4 Å². The van der Waals surface area contributed by atoms with Crippen LogP contribution in [0.2, 0.25) is 0 Å². The Balaban J connectivity index is 0.997. The van der Waals surface area contributed by atoms with Crippen LogP contribution in [0, 0.1) is 5.92 Å². The smallest absolute Gasteiger partial charge is 0.243 e. The highest BCUT2D eigenvalue weighted by Crippen LogP contribution is 2.46. The van der Waals surface area contributed by atoms with Gasteiger partial charge in [-0.2, -0.15) is 0 Å². The Kier molecular flexibility index (Phi) is 6.37. The Morgan fingerprint density at radius 3 is 2.63 bits per heavy atom. The van der Waals surface area contributed by atoms with Gasteiger partial charge in [0.15, 0.2) is 0 Å². The molecule has 9 heteroatoms. The number of rotatable bonds is 6. The topological polar surface area (TPSA) is 116 Å². The molecule has 3 N–H and O–H groups in total. The fourth-order valence-electron chi connectivity index (χ4n) is 5.96. The van der Waals surface area contributed by atoms with Crippen LogP contribution in [0.4, 0.5) is 11.5 Å². The van der Waals surface area contributed by atoms with Crippen LogP contribution >= 0.6 is 0 Å². The maximum Gasteiger partial charge on any atom is 0.243 e. The van der Waals surface area contributed by atoms with Crippen molar-refractivity contribution >= 4 is 29.2 Å². The molecule has 38 heavy (non-hydrogen) atoms. The third-order valence-corrected chi connectivity index (χ3v) is 8.00. The summed E-state index contributed by atoms with van der Waals surface area (Å²) in [5, 5.41) is 8.62. The second kappa shape index (κ2) is 9.98. The van der Waals surface area contributed by atoms with Crippen LogP contribution in [0.1, 0.15) is 35.1 Å². The van der Waals surface area contributed by atoms with Gasteiger partial charge >= 0.3 is 0 Å². The van der Waals surface area contributed by atoms with Crippen molar-refractivity contribution in [3.8, 4) is 0 Å². The SMILES string of the molecule is O=C(CNC(=O)C1CCN(Cc2ccncc2)CC1)Nc1ccc2c(c1)CC1(C2)C(=O)Nc2ncccc21. The highest BCUT2D eigenvalue weighted by Gasteiger charge is 2.51. The average molecular weight is 511 g/mol. The lowest BCUT2D eigenvalue weighted by molar-refractivity contribution is -0.128. The molecule has 3 amide bonds. The molecule has 9 nitrogen and oxygen atoms in total. The lowest BCUT2D eigenvalue weighted by atomic mass is 9.79. The van der Waals surface area contributed by atoms with Gasteiger partial charge in [-0.1, -0.05) is 12.1 Å². The molecule has 0 bridgehead atoms. The number of pyridine rings is 2. The van der Waals surface area contributed by atoms with Crippen molar-refractivity contribution in [3.05, 3.63) is 83.3 Å². The minimum absolute atomic E-state index is 0.0288. The Labute approximate surface area is 221 Å². The first kappa shape index (κ1) is 24.2. The third kappa shape index (κ3) is 4.65. The summed E-state index contributed by atoms with van der Waals surface area (Å²) in [4.78, 5) is 48.9. The molecule has 1 saturated heterocycles. The van der Waals surface area contributed by atoms with E-state index in [1.54, 1.807) is 18.6 Å². The van der Waals surface area contributed by atoms with Crippen molar-refractivity contribution in [1.82, 2.24) is 20.2 Å². The van der Waals surface area contributed by atoms with E-state index in [0.29, 0.717) is 24.3 Å². The molecule has 1 spiro atoms. The summed E-state index contributed by atoms with van der Waals surface area (Å²) in [6, 6.07) is 13.6. The van der Waals surface area contributed by atoms with E-state index in [0.717, 1.165) is 49.2 Å². The second-order valence-electron chi connectivity index (χ2n) is 10.4. The average Bonchev–Trinajstić information content (AvgIpc) is 3.45. The van der Waals surface area contributed by atoms with Gasteiger partial charge in [-0.05, 0) is 85.8 Å². The van der Waals surface area contributed by atoms with Crippen LogP contribution in [-0.4, -0.2) is 52.2 Å². The standard InChI is InChI=1S/C29H30N6O3/c36-25(17-32-27(37)20-7-12-35(13-8-20)18-19-5-10-30-11-6-19)33-23-4-3-21-15-29(16-22(21)14-23)24-2-1-9-31-26(24)34-28(29)38/h1-6,9-11,14,20H,7-8,12-13,15-18H2,(H,32,37)(H,33,36)(H,31,34,38). The Hall–Kier alpha value is -4.11. The van der Waals surface area contributed by atoms with Gasteiger partial charge in [-0.3, -0.25) is 24.3 Å². The molecule has 1 fully saturated rings. The lowest BCUT2D eigenvalue weighted by Crippen LogP contribution is -2.42. The van der Waals surface area contributed by atoms with Gasteiger partial charge in [-0.15, -0.1) is 0 Å². The minimum Gasteiger partial charge on any atom is -0.347 e. The fraction of sp³-hybridized carbons (Fsp3) is 0.345. The largest absolute Gasteiger partial charge is 0.347 e. The van der Waals surface area contributed by atoms with E-state index in [1.165, 1.54) is 5.56 Å². The normalized spacial score (nSPS) is 20.6.